The van der Waals surface area contributed by atoms with E-state index in [2.05, 4.69) is 13.5 Å². The number of amides is 1. The van der Waals surface area contributed by atoms with E-state index in [1.165, 1.54) is 0 Å². The second-order valence-corrected chi connectivity index (χ2v) is 7.39. The van der Waals surface area contributed by atoms with Gasteiger partial charge in [-0.3, -0.25) is 4.79 Å². The van der Waals surface area contributed by atoms with E-state index < -0.39 is 12.2 Å². The summed E-state index contributed by atoms with van der Waals surface area (Å²) in [6.07, 6.45) is 4.87. The minimum atomic E-state index is -0.955. The van der Waals surface area contributed by atoms with Crippen molar-refractivity contribution in [2.45, 2.75) is 45.3 Å². The van der Waals surface area contributed by atoms with Crippen LogP contribution in [0.5, 0.6) is 5.75 Å². The topological polar surface area (TPSA) is 76.1 Å². The average Bonchev–Trinajstić information content (AvgIpc) is 2.76. The van der Waals surface area contributed by atoms with Gasteiger partial charge in [0.2, 0.25) is 0 Å². The summed E-state index contributed by atoms with van der Waals surface area (Å²) < 4.78 is 10.8. The maximum absolute atomic E-state index is 13.0. The van der Waals surface area contributed by atoms with E-state index >= 15 is 0 Å². The Morgan fingerprint density at radius 3 is 2.77 bits per heavy atom. The maximum atomic E-state index is 13.0. The highest BCUT2D eigenvalue weighted by Gasteiger charge is 2.33. The molecular formula is C24H29NO5. The monoisotopic (exact) mass is 411 g/mol. The van der Waals surface area contributed by atoms with Crippen LogP contribution >= 0.6 is 0 Å². The van der Waals surface area contributed by atoms with Crippen LogP contribution in [-0.2, 0) is 9.53 Å². The van der Waals surface area contributed by atoms with Crippen molar-refractivity contribution in [1.29, 1.82) is 0 Å². The molecule has 0 radical (unpaired) electrons. The molecule has 1 aliphatic heterocycles. The number of hydrogen-bond donors (Lipinski definition) is 1. The first-order valence-electron chi connectivity index (χ1n) is 10.5. The van der Waals surface area contributed by atoms with Crippen molar-refractivity contribution < 1.29 is 24.2 Å². The lowest BCUT2D eigenvalue weighted by Gasteiger charge is -2.34. The number of carbonyl (C=O) groups is 2. The lowest BCUT2D eigenvalue weighted by Crippen LogP contribution is -2.38. The number of nitrogens with zero attached hydrogens (tertiary/aromatic N) is 1. The quantitative estimate of drug-likeness (QED) is 0.338. The second kappa shape index (κ2) is 10.3. The van der Waals surface area contributed by atoms with Crippen molar-refractivity contribution in [3.63, 3.8) is 0 Å². The van der Waals surface area contributed by atoms with Gasteiger partial charge in [-0.1, -0.05) is 51.0 Å². The van der Waals surface area contributed by atoms with E-state index in [0.29, 0.717) is 30.9 Å². The van der Waals surface area contributed by atoms with Crippen molar-refractivity contribution in [3.05, 3.63) is 54.1 Å². The third-order valence-corrected chi connectivity index (χ3v) is 5.31. The molecule has 0 bridgehead atoms. The normalized spacial score (nSPS) is 15.3. The lowest BCUT2D eigenvalue weighted by atomic mass is 9.92. The molecule has 160 valence electrons. The average molecular weight is 411 g/mol. The van der Waals surface area contributed by atoms with Crippen LogP contribution in [0.3, 0.4) is 0 Å². The molecule has 3 rings (SSSR count). The molecule has 2 aromatic rings. The summed E-state index contributed by atoms with van der Waals surface area (Å²) in [5, 5.41) is 12.4. The number of benzene rings is 2. The number of ether oxygens (including phenoxy) is 2. The Hall–Kier alpha value is -2.86. The van der Waals surface area contributed by atoms with Crippen molar-refractivity contribution in [1.82, 2.24) is 4.90 Å². The number of esters is 1. The molecule has 1 amide bonds. The summed E-state index contributed by atoms with van der Waals surface area (Å²) in [4.78, 5) is 25.7. The fourth-order valence-electron chi connectivity index (χ4n) is 3.77. The zero-order valence-corrected chi connectivity index (χ0v) is 17.4. The van der Waals surface area contributed by atoms with Crippen LogP contribution in [0.4, 0.5) is 0 Å². The van der Waals surface area contributed by atoms with Gasteiger partial charge in [-0.25, -0.2) is 4.79 Å². The highest BCUT2D eigenvalue weighted by molar-refractivity contribution is 6.11. The fourth-order valence-corrected chi connectivity index (χ4v) is 3.77. The molecule has 6 nitrogen and oxygen atoms in total. The minimum absolute atomic E-state index is 0.148. The molecule has 1 atom stereocenters. The van der Waals surface area contributed by atoms with Crippen molar-refractivity contribution in [2.24, 2.45) is 0 Å². The van der Waals surface area contributed by atoms with E-state index in [0.717, 1.165) is 48.1 Å². The maximum Gasteiger partial charge on any atom is 0.330 e. The van der Waals surface area contributed by atoms with Gasteiger partial charge in [0.05, 0.1) is 13.2 Å². The molecule has 0 fully saturated rings. The van der Waals surface area contributed by atoms with Crippen molar-refractivity contribution in [3.8, 4) is 5.75 Å². The number of rotatable bonds is 11. The highest BCUT2D eigenvalue weighted by Crippen LogP contribution is 2.39. The molecule has 1 aliphatic rings. The molecule has 0 saturated carbocycles. The van der Waals surface area contributed by atoms with Crippen LogP contribution in [0.2, 0.25) is 0 Å². The van der Waals surface area contributed by atoms with Gasteiger partial charge in [-0.15, -0.1) is 0 Å². The van der Waals surface area contributed by atoms with Gasteiger partial charge in [0.15, 0.2) is 6.23 Å². The SMILES string of the molecule is C=CC(=O)OCCCOc1ccc2c3c(cccc13)C(=O)N(CCCCCC)C2O. The van der Waals surface area contributed by atoms with Crippen LogP contribution in [0.15, 0.2) is 43.0 Å². The van der Waals surface area contributed by atoms with Gasteiger partial charge >= 0.3 is 5.97 Å². The summed E-state index contributed by atoms with van der Waals surface area (Å²) in [6.45, 7) is 6.65. The standard InChI is InChI=1S/C24H29NO5/c1-3-5-6-7-14-25-23(27)18-11-8-10-17-20(13-12-19(22(17)18)24(25)28)29-15-9-16-30-21(26)4-2/h4,8,10-13,24,28H,2-3,5-7,9,14-16H2,1H3. The minimum Gasteiger partial charge on any atom is -0.493 e. The molecule has 2 aromatic carbocycles. The van der Waals surface area contributed by atoms with E-state index in [-0.39, 0.29) is 12.5 Å². The van der Waals surface area contributed by atoms with E-state index in [1.54, 1.807) is 11.0 Å². The molecule has 1 N–H and O–H groups in total. The first kappa shape index (κ1) is 21.8. The molecule has 6 heteroatoms. The van der Waals surface area contributed by atoms with Gasteiger partial charge in [0.1, 0.15) is 5.75 Å². The molecule has 0 spiro atoms. The Morgan fingerprint density at radius 1 is 1.17 bits per heavy atom. The highest BCUT2D eigenvalue weighted by atomic mass is 16.5. The van der Waals surface area contributed by atoms with E-state index in [9.17, 15) is 14.7 Å². The van der Waals surface area contributed by atoms with Gasteiger partial charge in [-0.2, -0.15) is 0 Å². The zero-order chi connectivity index (χ0) is 21.5. The largest absolute Gasteiger partial charge is 0.493 e. The molecule has 30 heavy (non-hydrogen) atoms. The number of aliphatic hydroxyl groups is 1. The Bertz CT molecular complexity index is 923. The first-order valence-corrected chi connectivity index (χ1v) is 10.5. The Morgan fingerprint density at radius 2 is 2.00 bits per heavy atom. The lowest BCUT2D eigenvalue weighted by molar-refractivity contribution is -0.137. The molecule has 1 unspecified atom stereocenters. The summed E-state index contributed by atoms with van der Waals surface area (Å²) in [5.74, 6) is 0.0379. The molecular weight excluding hydrogens is 382 g/mol. The Kier molecular flexibility index (Phi) is 7.46. The summed E-state index contributed by atoms with van der Waals surface area (Å²) in [6, 6.07) is 9.19. The van der Waals surface area contributed by atoms with Crippen LogP contribution < -0.4 is 4.74 Å². The first-order chi connectivity index (χ1) is 14.6. The summed E-state index contributed by atoms with van der Waals surface area (Å²) in [5.41, 5.74) is 1.32. The predicted molar refractivity (Wildman–Crippen MR) is 115 cm³/mol. The van der Waals surface area contributed by atoms with Gasteiger partial charge in [0, 0.05) is 40.9 Å². The van der Waals surface area contributed by atoms with Crippen LogP contribution in [0.1, 0.15) is 61.2 Å². The molecule has 0 aliphatic carbocycles. The van der Waals surface area contributed by atoms with Crippen LogP contribution in [0.25, 0.3) is 10.8 Å². The number of hydrogen-bond acceptors (Lipinski definition) is 5. The number of aliphatic hydroxyl groups excluding tert-OH is 1. The fraction of sp³-hybridized carbons (Fsp3) is 0.417. The van der Waals surface area contributed by atoms with Crippen LogP contribution in [0, 0.1) is 0 Å². The van der Waals surface area contributed by atoms with E-state index in [1.807, 2.05) is 24.3 Å². The van der Waals surface area contributed by atoms with Crippen molar-refractivity contribution in [2.75, 3.05) is 19.8 Å². The Labute approximate surface area is 177 Å². The number of carbonyl (C=O) groups excluding carboxylic acids is 2. The predicted octanol–water partition coefficient (Wildman–Crippen LogP) is 4.36. The molecule has 1 heterocycles. The Balaban J connectivity index is 1.76. The van der Waals surface area contributed by atoms with E-state index in [4.69, 9.17) is 9.47 Å². The molecule has 0 aromatic heterocycles. The van der Waals surface area contributed by atoms with Gasteiger partial charge < -0.3 is 19.5 Å². The third-order valence-electron chi connectivity index (χ3n) is 5.31. The third kappa shape index (κ3) is 4.65. The van der Waals surface area contributed by atoms with Crippen molar-refractivity contribution >= 4 is 22.6 Å². The second-order valence-electron chi connectivity index (χ2n) is 7.39. The molecule has 0 saturated heterocycles. The van der Waals surface area contributed by atoms with Gasteiger partial charge in [0.25, 0.3) is 5.91 Å². The summed E-state index contributed by atoms with van der Waals surface area (Å²) >= 11 is 0. The summed E-state index contributed by atoms with van der Waals surface area (Å²) in [7, 11) is 0. The zero-order valence-electron chi connectivity index (χ0n) is 17.4. The smallest absolute Gasteiger partial charge is 0.330 e. The van der Waals surface area contributed by atoms with Gasteiger partial charge in [-0.05, 0) is 18.6 Å². The number of unbranched alkanes of at least 4 members (excludes halogenated alkanes) is 3. The van der Waals surface area contributed by atoms with Crippen LogP contribution in [-0.4, -0.2) is 41.6 Å².